The van der Waals surface area contributed by atoms with E-state index < -0.39 is 6.10 Å². The van der Waals surface area contributed by atoms with Crippen molar-refractivity contribution in [2.24, 2.45) is 4.99 Å². The molecular weight excluding hydrogens is 528 g/mol. The third-order valence-corrected chi connectivity index (χ3v) is 5.13. The quantitative estimate of drug-likeness (QED) is 0.214. The molecule has 0 aliphatic rings. The molecule has 0 aromatic heterocycles. The minimum atomic E-state index is -0.669. The van der Waals surface area contributed by atoms with Gasteiger partial charge in [0, 0.05) is 18.8 Å². The molecule has 2 unspecified atom stereocenters. The van der Waals surface area contributed by atoms with Crippen molar-refractivity contribution in [2.45, 2.75) is 38.4 Å². The number of thioether (sulfide) groups is 1. The number of guanidine groups is 1. The molecule has 0 saturated heterocycles. The van der Waals surface area contributed by atoms with Crippen molar-refractivity contribution in [1.82, 2.24) is 10.6 Å². The van der Waals surface area contributed by atoms with Gasteiger partial charge in [-0.05, 0) is 48.9 Å². The molecule has 0 fully saturated rings. The second kappa shape index (κ2) is 15.4. The summed E-state index contributed by atoms with van der Waals surface area (Å²) in [7, 11) is 0. The molecule has 2 aromatic carbocycles. The highest BCUT2D eigenvalue weighted by Crippen LogP contribution is 2.18. The number of ether oxygens (including phenoxy) is 1. The summed E-state index contributed by atoms with van der Waals surface area (Å²) in [5.74, 6) is 1.11. The van der Waals surface area contributed by atoms with Crippen molar-refractivity contribution in [3.05, 3.63) is 71.0 Å². The smallest absolute Gasteiger partial charge is 0.191 e. The molecule has 0 heterocycles. The highest BCUT2D eigenvalue weighted by molar-refractivity contribution is 14.0. The van der Waals surface area contributed by atoms with Crippen LogP contribution in [0.3, 0.4) is 0 Å². The molecule has 0 aliphatic heterocycles. The van der Waals surface area contributed by atoms with Crippen LogP contribution in [-0.4, -0.2) is 43.1 Å². The van der Waals surface area contributed by atoms with E-state index in [1.807, 2.05) is 50.4 Å². The van der Waals surface area contributed by atoms with E-state index in [9.17, 15) is 9.50 Å². The minimum Gasteiger partial charge on any atom is -0.389 e. The molecule has 2 rings (SSSR count). The van der Waals surface area contributed by atoms with Gasteiger partial charge < -0.3 is 20.5 Å². The first-order valence-corrected chi connectivity index (χ1v) is 11.6. The summed E-state index contributed by atoms with van der Waals surface area (Å²) in [5, 5.41) is 16.6. The van der Waals surface area contributed by atoms with Gasteiger partial charge >= 0.3 is 0 Å². The summed E-state index contributed by atoms with van der Waals surface area (Å²) in [6.45, 7) is 5.62. The molecule has 3 N–H and O–H groups in total. The van der Waals surface area contributed by atoms with E-state index in [1.165, 1.54) is 6.07 Å². The summed E-state index contributed by atoms with van der Waals surface area (Å²) in [5.41, 5.74) is 3.02. The van der Waals surface area contributed by atoms with Gasteiger partial charge in [-0.2, -0.15) is 11.8 Å². The Bertz CT molecular complexity index is 796. The lowest BCUT2D eigenvalue weighted by Crippen LogP contribution is -2.42. The second-order valence-electron chi connectivity index (χ2n) is 6.96. The van der Waals surface area contributed by atoms with Gasteiger partial charge in [0.25, 0.3) is 0 Å². The molecular formula is C23H33FIN3O2S. The van der Waals surface area contributed by atoms with E-state index in [0.29, 0.717) is 25.6 Å². The van der Waals surface area contributed by atoms with Crippen molar-refractivity contribution in [2.75, 3.05) is 26.0 Å². The van der Waals surface area contributed by atoms with Gasteiger partial charge in [-0.3, -0.25) is 0 Å². The van der Waals surface area contributed by atoms with Gasteiger partial charge in [0.2, 0.25) is 0 Å². The molecule has 0 amide bonds. The summed E-state index contributed by atoms with van der Waals surface area (Å²) in [4.78, 5) is 4.58. The Morgan fingerprint density at radius 1 is 1.16 bits per heavy atom. The van der Waals surface area contributed by atoms with Gasteiger partial charge in [0.05, 0.1) is 25.4 Å². The van der Waals surface area contributed by atoms with E-state index in [1.54, 1.807) is 23.9 Å². The summed E-state index contributed by atoms with van der Waals surface area (Å²) < 4.78 is 19.3. The summed E-state index contributed by atoms with van der Waals surface area (Å²) >= 11 is 1.65. The fourth-order valence-electron chi connectivity index (χ4n) is 2.89. The highest BCUT2D eigenvalue weighted by atomic mass is 127. The Balaban J connectivity index is 0.00000480. The van der Waals surface area contributed by atoms with Crippen molar-refractivity contribution in [3.63, 3.8) is 0 Å². The van der Waals surface area contributed by atoms with Crippen LogP contribution in [0.2, 0.25) is 0 Å². The number of hydrogen-bond acceptors (Lipinski definition) is 4. The molecule has 0 spiro atoms. The van der Waals surface area contributed by atoms with Crippen LogP contribution in [0, 0.1) is 5.82 Å². The molecule has 0 aliphatic carbocycles. The Morgan fingerprint density at radius 3 is 2.58 bits per heavy atom. The molecule has 31 heavy (non-hydrogen) atoms. The average molecular weight is 562 g/mol. The molecule has 0 bridgehead atoms. The van der Waals surface area contributed by atoms with Gasteiger partial charge in [-0.1, -0.05) is 36.4 Å². The summed E-state index contributed by atoms with van der Waals surface area (Å²) in [6.07, 6.45) is 1.24. The molecule has 172 valence electrons. The van der Waals surface area contributed by atoms with Gasteiger partial charge in [0.15, 0.2) is 5.96 Å². The SMILES string of the molecule is CCNC(=NCc1ccc(F)cc1CSC)NCC(O)COC(C)c1ccccc1.I. The van der Waals surface area contributed by atoms with Crippen LogP contribution in [0.5, 0.6) is 0 Å². The van der Waals surface area contributed by atoms with E-state index in [4.69, 9.17) is 4.74 Å². The maximum absolute atomic E-state index is 13.5. The van der Waals surface area contributed by atoms with Gasteiger partial charge in [0.1, 0.15) is 5.82 Å². The van der Waals surface area contributed by atoms with Crippen LogP contribution in [0.15, 0.2) is 53.5 Å². The summed E-state index contributed by atoms with van der Waals surface area (Å²) in [6, 6.07) is 14.7. The van der Waals surface area contributed by atoms with Crippen LogP contribution >= 0.6 is 35.7 Å². The minimum absolute atomic E-state index is 0. The molecule has 2 atom stereocenters. The maximum atomic E-state index is 13.5. The zero-order valence-electron chi connectivity index (χ0n) is 18.3. The topological polar surface area (TPSA) is 65.9 Å². The maximum Gasteiger partial charge on any atom is 0.191 e. The predicted molar refractivity (Wildman–Crippen MR) is 139 cm³/mol. The highest BCUT2D eigenvalue weighted by Gasteiger charge is 2.11. The molecule has 0 radical (unpaired) electrons. The number of aliphatic hydroxyl groups excluding tert-OH is 1. The van der Waals surface area contributed by atoms with Gasteiger partial charge in [-0.25, -0.2) is 9.38 Å². The van der Waals surface area contributed by atoms with E-state index in [2.05, 4.69) is 15.6 Å². The molecule has 2 aromatic rings. The lowest BCUT2D eigenvalue weighted by atomic mass is 10.1. The van der Waals surface area contributed by atoms with Crippen molar-refractivity contribution in [1.29, 1.82) is 0 Å². The predicted octanol–water partition coefficient (Wildman–Crippen LogP) is 4.50. The Labute approximate surface area is 206 Å². The van der Waals surface area contributed by atoms with Crippen LogP contribution in [-0.2, 0) is 17.0 Å². The third-order valence-electron chi connectivity index (χ3n) is 4.53. The van der Waals surface area contributed by atoms with E-state index >= 15 is 0 Å². The van der Waals surface area contributed by atoms with Crippen LogP contribution < -0.4 is 10.6 Å². The largest absolute Gasteiger partial charge is 0.389 e. The number of benzene rings is 2. The number of nitrogens with zero attached hydrogens (tertiary/aromatic N) is 1. The molecule has 5 nitrogen and oxygen atoms in total. The normalized spacial score (nSPS) is 13.3. The monoisotopic (exact) mass is 561 g/mol. The zero-order chi connectivity index (χ0) is 21.8. The number of aliphatic imine (C=N–C) groups is 1. The Hall–Kier alpha value is -1.36. The first-order valence-electron chi connectivity index (χ1n) is 10.2. The lowest BCUT2D eigenvalue weighted by molar-refractivity contribution is -0.000599. The van der Waals surface area contributed by atoms with Crippen LogP contribution in [0.1, 0.15) is 36.6 Å². The van der Waals surface area contributed by atoms with E-state index in [0.717, 1.165) is 22.4 Å². The van der Waals surface area contributed by atoms with Crippen molar-refractivity contribution < 1.29 is 14.2 Å². The fourth-order valence-corrected chi connectivity index (χ4v) is 3.47. The Morgan fingerprint density at radius 2 is 1.90 bits per heavy atom. The number of nitrogens with one attached hydrogen (secondary N) is 2. The average Bonchev–Trinajstić information content (AvgIpc) is 2.75. The zero-order valence-corrected chi connectivity index (χ0v) is 21.5. The molecule has 0 saturated carbocycles. The Kier molecular flexibility index (Phi) is 13.8. The first kappa shape index (κ1) is 27.7. The van der Waals surface area contributed by atoms with Crippen molar-refractivity contribution in [3.8, 4) is 0 Å². The third kappa shape index (κ3) is 10.2. The second-order valence-corrected chi connectivity index (χ2v) is 7.83. The molecule has 8 heteroatoms. The fraction of sp³-hybridized carbons (Fsp3) is 0.435. The first-order chi connectivity index (χ1) is 14.5. The standard InChI is InChI=1S/C23H32FN3O2S.HI/c1-4-25-23(26-13-19-10-11-21(24)12-20(19)16-30-3)27-14-22(28)15-29-17(2)18-8-6-5-7-9-18;/h5-12,17,22,28H,4,13-16H2,1-3H3,(H2,25,26,27);1H. The number of halogens is 2. The van der Waals surface area contributed by atoms with Crippen molar-refractivity contribution >= 4 is 41.7 Å². The van der Waals surface area contributed by atoms with Crippen LogP contribution in [0.4, 0.5) is 4.39 Å². The number of rotatable bonds is 11. The number of hydrogen-bond donors (Lipinski definition) is 3. The lowest BCUT2D eigenvalue weighted by Gasteiger charge is -2.18. The van der Waals surface area contributed by atoms with E-state index in [-0.39, 0.29) is 42.5 Å². The number of aliphatic hydroxyl groups is 1. The van der Waals surface area contributed by atoms with Crippen LogP contribution in [0.25, 0.3) is 0 Å². The van der Waals surface area contributed by atoms with Gasteiger partial charge in [-0.15, -0.1) is 24.0 Å².